The fourth-order valence-electron chi connectivity index (χ4n) is 3.60. The van der Waals surface area contributed by atoms with Crippen molar-refractivity contribution in [2.75, 3.05) is 32.7 Å². The van der Waals surface area contributed by atoms with Gasteiger partial charge >= 0.3 is 0 Å². The quantitative estimate of drug-likeness (QED) is 0.784. The SMILES string of the molecule is O=C(CN1C(=O)c2ccccc2C1=O)N1CCN(C(=O)c2ccccc2O)CC1. The maximum Gasteiger partial charge on any atom is 0.262 e. The van der Waals surface area contributed by atoms with Crippen molar-refractivity contribution in [3.8, 4) is 5.75 Å². The van der Waals surface area contributed by atoms with Crippen molar-refractivity contribution in [1.29, 1.82) is 0 Å². The Balaban J connectivity index is 1.37. The molecule has 1 N–H and O–H groups in total. The van der Waals surface area contributed by atoms with E-state index in [0.717, 1.165) is 4.90 Å². The zero-order valence-electron chi connectivity index (χ0n) is 15.6. The molecule has 2 aromatic rings. The molecule has 0 aliphatic carbocycles. The number of hydrogen-bond donors (Lipinski definition) is 1. The smallest absolute Gasteiger partial charge is 0.262 e. The molecule has 0 aromatic heterocycles. The molecule has 8 heteroatoms. The summed E-state index contributed by atoms with van der Waals surface area (Å²) in [4.78, 5) is 54.1. The number of para-hydroxylation sites is 1. The van der Waals surface area contributed by atoms with Gasteiger partial charge in [-0.1, -0.05) is 24.3 Å². The number of rotatable bonds is 3. The minimum Gasteiger partial charge on any atom is -0.507 e. The Morgan fingerprint density at radius 2 is 1.31 bits per heavy atom. The molecule has 29 heavy (non-hydrogen) atoms. The van der Waals surface area contributed by atoms with Gasteiger partial charge in [0, 0.05) is 26.2 Å². The van der Waals surface area contributed by atoms with E-state index in [-0.39, 0.29) is 29.7 Å². The predicted octanol–water partition coefficient (Wildman–Crippen LogP) is 0.973. The molecular weight excluding hydrogens is 374 g/mol. The molecule has 0 unspecified atom stereocenters. The maximum atomic E-state index is 12.6. The van der Waals surface area contributed by atoms with Crippen molar-refractivity contribution in [3.63, 3.8) is 0 Å². The van der Waals surface area contributed by atoms with Crippen LogP contribution in [0.25, 0.3) is 0 Å². The number of fused-ring (bicyclic) bond motifs is 1. The van der Waals surface area contributed by atoms with E-state index < -0.39 is 11.8 Å². The van der Waals surface area contributed by atoms with Crippen LogP contribution in [0.2, 0.25) is 0 Å². The van der Waals surface area contributed by atoms with Gasteiger partial charge in [-0.25, -0.2) is 0 Å². The molecule has 0 atom stereocenters. The number of carbonyl (C=O) groups is 4. The van der Waals surface area contributed by atoms with E-state index in [0.29, 0.717) is 37.3 Å². The average Bonchev–Trinajstić information content (AvgIpc) is 2.99. The average molecular weight is 393 g/mol. The summed E-state index contributed by atoms with van der Waals surface area (Å²) < 4.78 is 0. The summed E-state index contributed by atoms with van der Waals surface area (Å²) in [5, 5.41) is 9.85. The largest absolute Gasteiger partial charge is 0.507 e. The van der Waals surface area contributed by atoms with Gasteiger partial charge in [-0.15, -0.1) is 0 Å². The number of imide groups is 1. The molecule has 4 rings (SSSR count). The van der Waals surface area contributed by atoms with Crippen LogP contribution in [0.5, 0.6) is 5.75 Å². The number of carbonyl (C=O) groups excluding carboxylic acids is 4. The van der Waals surface area contributed by atoms with Crippen molar-refractivity contribution < 1.29 is 24.3 Å². The lowest BCUT2D eigenvalue weighted by Gasteiger charge is -2.35. The van der Waals surface area contributed by atoms with Crippen molar-refractivity contribution in [1.82, 2.24) is 14.7 Å². The molecule has 1 fully saturated rings. The number of phenols is 1. The van der Waals surface area contributed by atoms with Crippen molar-refractivity contribution in [2.45, 2.75) is 0 Å². The summed E-state index contributed by atoms with van der Waals surface area (Å²) in [5.41, 5.74) is 0.838. The highest BCUT2D eigenvalue weighted by Gasteiger charge is 2.37. The van der Waals surface area contributed by atoms with Gasteiger partial charge in [0.05, 0.1) is 16.7 Å². The lowest BCUT2D eigenvalue weighted by atomic mass is 10.1. The van der Waals surface area contributed by atoms with E-state index in [9.17, 15) is 24.3 Å². The van der Waals surface area contributed by atoms with Gasteiger partial charge in [-0.05, 0) is 24.3 Å². The van der Waals surface area contributed by atoms with Crippen LogP contribution < -0.4 is 0 Å². The molecule has 2 heterocycles. The molecule has 8 nitrogen and oxygen atoms in total. The van der Waals surface area contributed by atoms with Crippen molar-refractivity contribution >= 4 is 23.6 Å². The maximum absolute atomic E-state index is 12.6. The van der Waals surface area contributed by atoms with Gasteiger partial charge in [0.25, 0.3) is 17.7 Å². The van der Waals surface area contributed by atoms with E-state index >= 15 is 0 Å². The second kappa shape index (κ2) is 7.38. The Kier molecular flexibility index (Phi) is 4.75. The molecule has 0 bridgehead atoms. The Hall–Kier alpha value is -3.68. The Morgan fingerprint density at radius 3 is 1.90 bits per heavy atom. The van der Waals surface area contributed by atoms with Gasteiger partial charge in [0.15, 0.2) is 0 Å². The summed E-state index contributed by atoms with van der Waals surface area (Å²) in [7, 11) is 0. The van der Waals surface area contributed by atoms with E-state index in [2.05, 4.69) is 0 Å². The van der Waals surface area contributed by atoms with E-state index in [1.54, 1.807) is 47.4 Å². The highest BCUT2D eigenvalue weighted by molar-refractivity contribution is 6.22. The number of phenolic OH excluding ortho intramolecular Hbond substituents is 1. The van der Waals surface area contributed by atoms with Crippen LogP contribution in [0.1, 0.15) is 31.1 Å². The van der Waals surface area contributed by atoms with Gasteiger partial charge in [-0.2, -0.15) is 0 Å². The fourth-order valence-corrected chi connectivity index (χ4v) is 3.60. The number of nitrogens with zero attached hydrogens (tertiary/aromatic N) is 3. The summed E-state index contributed by atoms with van der Waals surface area (Å²) in [5.74, 6) is -1.65. The van der Waals surface area contributed by atoms with Crippen LogP contribution in [0.15, 0.2) is 48.5 Å². The summed E-state index contributed by atoms with van der Waals surface area (Å²) in [6.07, 6.45) is 0. The zero-order valence-corrected chi connectivity index (χ0v) is 15.6. The molecule has 0 saturated carbocycles. The van der Waals surface area contributed by atoms with E-state index in [1.165, 1.54) is 11.0 Å². The topological polar surface area (TPSA) is 98.2 Å². The number of benzene rings is 2. The van der Waals surface area contributed by atoms with Crippen LogP contribution in [0.4, 0.5) is 0 Å². The first-order valence-electron chi connectivity index (χ1n) is 9.27. The second-order valence-electron chi connectivity index (χ2n) is 6.93. The Bertz CT molecular complexity index is 976. The lowest BCUT2D eigenvalue weighted by Crippen LogP contribution is -2.53. The van der Waals surface area contributed by atoms with Gasteiger partial charge in [-0.3, -0.25) is 24.1 Å². The number of hydrogen-bond acceptors (Lipinski definition) is 5. The van der Waals surface area contributed by atoms with Crippen LogP contribution in [0.3, 0.4) is 0 Å². The summed E-state index contributed by atoms with van der Waals surface area (Å²) in [6, 6.07) is 12.8. The highest BCUT2D eigenvalue weighted by atomic mass is 16.3. The minimum atomic E-state index is -0.465. The molecule has 1 saturated heterocycles. The molecule has 0 radical (unpaired) electrons. The van der Waals surface area contributed by atoms with Gasteiger partial charge in [0.2, 0.25) is 5.91 Å². The Morgan fingerprint density at radius 1 is 0.793 bits per heavy atom. The first-order chi connectivity index (χ1) is 14.0. The van der Waals surface area contributed by atoms with Crippen LogP contribution in [0, 0.1) is 0 Å². The number of piperazine rings is 1. The van der Waals surface area contributed by atoms with Crippen LogP contribution in [-0.4, -0.2) is 76.2 Å². The fraction of sp³-hybridized carbons (Fsp3) is 0.238. The molecule has 148 valence electrons. The third kappa shape index (κ3) is 3.33. The van der Waals surface area contributed by atoms with Crippen LogP contribution >= 0.6 is 0 Å². The normalized spacial score (nSPS) is 16.2. The lowest BCUT2D eigenvalue weighted by molar-refractivity contribution is -0.132. The molecule has 4 amide bonds. The predicted molar refractivity (Wildman–Crippen MR) is 102 cm³/mol. The monoisotopic (exact) mass is 393 g/mol. The Labute approximate surface area is 166 Å². The summed E-state index contributed by atoms with van der Waals surface area (Å²) >= 11 is 0. The number of amides is 4. The highest BCUT2D eigenvalue weighted by Crippen LogP contribution is 2.23. The minimum absolute atomic E-state index is 0.0818. The molecule has 2 aliphatic heterocycles. The summed E-state index contributed by atoms with van der Waals surface area (Å²) in [6.45, 7) is 0.879. The van der Waals surface area contributed by atoms with E-state index in [1.807, 2.05) is 0 Å². The van der Waals surface area contributed by atoms with Crippen LogP contribution in [-0.2, 0) is 4.79 Å². The van der Waals surface area contributed by atoms with Gasteiger partial charge < -0.3 is 14.9 Å². The zero-order chi connectivity index (χ0) is 20.5. The molecular formula is C21H19N3O5. The molecule has 0 spiro atoms. The third-order valence-electron chi connectivity index (χ3n) is 5.23. The van der Waals surface area contributed by atoms with Gasteiger partial charge in [0.1, 0.15) is 12.3 Å². The molecule has 2 aliphatic rings. The molecule has 2 aromatic carbocycles. The standard InChI is InChI=1S/C21H19N3O5/c25-17-8-4-3-7-16(17)19(27)23-11-9-22(10-12-23)18(26)13-24-20(28)14-5-1-2-6-15(14)21(24)29/h1-8,25H,9-13H2. The second-order valence-corrected chi connectivity index (χ2v) is 6.93. The van der Waals surface area contributed by atoms with Crippen molar-refractivity contribution in [2.24, 2.45) is 0 Å². The number of aromatic hydroxyl groups is 1. The first kappa shape index (κ1) is 18.7. The third-order valence-corrected chi connectivity index (χ3v) is 5.23. The van der Waals surface area contributed by atoms with E-state index in [4.69, 9.17) is 0 Å². The first-order valence-corrected chi connectivity index (χ1v) is 9.27. The van der Waals surface area contributed by atoms with Crippen molar-refractivity contribution in [3.05, 3.63) is 65.2 Å².